The number of amides is 1. The van der Waals surface area contributed by atoms with E-state index in [0.717, 1.165) is 57.2 Å². The van der Waals surface area contributed by atoms with Crippen molar-refractivity contribution in [3.63, 3.8) is 0 Å². The minimum Gasteiger partial charge on any atom is -0.493 e. The van der Waals surface area contributed by atoms with Crippen molar-refractivity contribution < 1.29 is 14.3 Å². The molecule has 0 fully saturated rings. The van der Waals surface area contributed by atoms with Crippen molar-refractivity contribution in [2.24, 2.45) is 0 Å². The molecule has 1 unspecified atom stereocenters. The number of fused-ring (bicyclic) bond motifs is 2. The summed E-state index contributed by atoms with van der Waals surface area (Å²) in [5.74, 6) is 2.61. The van der Waals surface area contributed by atoms with Crippen LogP contribution in [0.25, 0.3) is 22.3 Å². The zero-order chi connectivity index (χ0) is 23.5. The van der Waals surface area contributed by atoms with Crippen LogP contribution in [0.2, 0.25) is 0 Å². The molecule has 1 aliphatic heterocycles. The molecule has 0 saturated heterocycles. The third-order valence-electron chi connectivity index (χ3n) is 5.98. The monoisotopic (exact) mass is 457 g/mol. The molecule has 4 aromatic rings. The fourth-order valence-corrected chi connectivity index (χ4v) is 4.27. The van der Waals surface area contributed by atoms with Gasteiger partial charge in [-0.2, -0.15) is 0 Å². The first-order chi connectivity index (χ1) is 16.6. The average molecular weight is 458 g/mol. The molecule has 5 rings (SSSR count). The second kappa shape index (κ2) is 9.61. The number of aromatic amines is 1. The maximum Gasteiger partial charge on any atom is 0.224 e. The quantitative estimate of drug-likeness (QED) is 0.413. The Hall–Kier alpha value is -3.78. The Morgan fingerprint density at radius 3 is 2.97 bits per heavy atom. The number of nitrogens with one attached hydrogen (secondary N) is 2. The van der Waals surface area contributed by atoms with Crippen LogP contribution in [0.15, 0.2) is 48.7 Å². The Balaban J connectivity index is 1.33. The normalized spacial score (nSPS) is 15.1. The van der Waals surface area contributed by atoms with Crippen LogP contribution in [0.1, 0.15) is 28.7 Å². The van der Waals surface area contributed by atoms with Gasteiger partial charge in [-0.3, -0.25) is 4.79 Å². The predicted octanol–water partition coefficient (Wildman–Crippen LogP) is 3.35. The Labute approximate surface area is 197 Å². The smallest absolute Gasteiger partial charge is 0.224 e. The summed E-state index contributed by atoms with van der Waals surface area (Å²) in [7, 11) is 1.62. The van der Waals surface area contributed by atoms with Gasteiger partial charge < -0.3 is 19.8 Å². The van der Waals surface area contributed by atoms with Gasteiger partial charge in [-0.15, -0.1) is 0 Å². The highest BCUT2D eigenvalue weighted by atomic mass is 16.5. The van der Waals surface area contributed by atoms with Crippen molar-refractivity contribution >= 4 is 16.9 Å². The predicted molar refractivity (Wildman–Crippen MR) is 129 cm³/mol. The molecule has 8 nitrogen and oxygen atoms in total. The first-order valence-electron chi connectivity index (χ1n) is 11.4. The molecular formula is C26H27N5O3. The number of carbonyl (C=O) groups excluding carboxylic acids is 1. The number of rotatable bonds is 7. The van der Waals surface area contributed by atoms with Gasteiger partial charge in [0.15, 0.2) is 0 Å². The molecule has 2 N–H and O–H groups in total. The Morgan fingerprint density at radius 1 is 1.21 bits per heavy atom. The van der Waals surface area contributed by atoms with Gasteiger partial charge in [0.05, 0.1) is 42.3 Å². The Kier molecular flexibility index (Phi) is 6.22. The van der Waals surface area contributed by atoms with E-state index in [-0.39, 0.29) is 11.8 Å². The minimum absolute atomic E-state index is 0.0164. The van der Waals surface area contributed by atoms with Gasteiger partial charge >= 0.3 is 0 Å². The molecule has 0 radical (unpaired) electrons. The number of aromatic nitrogens is 4. The van der Waals surface area contributed by atoms with E-state index in [2.05, 4.69) is 32.4 Å². The number of aryl methyl sites for hydroxylation is 1. The molecule has 1 aliphatic rings. The van der Waals surface area contributed by atoms with Crippen LogP contribution in [0.5, 0.6) is 5.75 Å². The van der Waals surface area contributed by atoms with Crippen molar-refractivity contribution in [3.8, 4) is 17.0 Å². The van der Waals surface area contributed by atoms with E-state index in [4.69, 9.17) is 14.5 Å². The standard InChI is InChI=1S/C26H27N5O3/c1-16-27-8-7-21(29-16)18-4-5-22-23(14-18)31-26(30-22)20-13-19-11-17(3-6-24(19)34-15-20)12-25(32)28-9-10-33-2/h3-8,11,14,20H,9-10,12-13,15H2,1-2H3,(H,28,32)(H,30,31). The van der Waals surface area contributed by atoms with Crippen molar-refractivity contribution in [3.05, 3.63) is 71.4 Å². The largest absolute Gasteiger partial charge is 0.493 e. The maximum absolute atomic E-state index is 12.2. The summed E-state index contributed by atoms with van der Waals surface area (Å²) in [6.45, 7) is 3.46. The lowest BCUT2D eigenvalue weighted by Gasteiger charge is -2.24. The molecule has 0 saturated carbocycles. The Bertz CT molecular complexity index is 1330. The highest BCUT2D eigenvalue weighted by molar-refractivity contribution is 5.81. The van der Waals surface area contributed by atoms with Gasteiger partial charge in [0.25, 0.3) is 0 Å². The lowest BCUT2D eigenvalue weighted by atomic mass is 9.94. The van der Waals surface area contributed by atoms with Crippen LogP contribution in [0.3, 0.4) is 0 Å². The molecule has 1 amide bonds. The summed E-state index contributed by atoms with van der Waals surface area (Å²) in [5.41, 5.74) is 5.85. The van der Waals surface area contributed by atoms with Gasteiger partial charge in [-0.05, 0) is 48.7 Å². The molecule has 0 bridgehead atoms. The van der Waals surface area contributed by atoms with Gasteiger partial charge in [0.2, 0.25) is 5.91 Å². The van der Waals surface area contributed by atoms with E-state index in [9.17, 15) is 4.79 Å². The molecule has 34 heavy (non-hydrogen) atoms. The highest BCUT2D eigenvalue weighted by Gasteiger charge is 2.24. The molecule has 2 aromatic carbocycles. The number of ether oxygens (including phenoxy) is 2. The van der Waals surface area contributed by atoms with Crippen LogP contribution in [0.4, 0.5) is 0 Å². The minimum atomic E-state index is -0.0164. The van der Waals surface area contributed by atoms with Crippen molar-refractivity contribution in [2.75, 3.05) is 26.9 Å². The SMILES string of the molecule is COCCNC(=O)Cc1ccc2c(c1)CC(c1nc3ccc(-c4ccnc(C)n4)cc3[nH]1)CO2. The first-order valence-corrected chi connectivity index (χ1v) is 11.4. The summed E-state index contributed by atoms with van der Waals surface area (Å²) in [4.78, 5) is 29.2. The second-order valence-corrected chi connectivity index (χ2v) is 8.52. The summed E-state index contributed by atoms with van der Waals surface area (Å²) in [6, 6.07) is 14.0. The van der Waals surface area contributed by atoms with E-state index in [1.807, 2.05) is 37.3 Å². The average Bonchev–Trinajstić information content (AvgIpc) is 3.27. The van der Waals surface area contributed by atoms with Crippen molar-refractivity contribution in [2.45, 2.75) is 25.7 Å². The van der Waals surface area contributed by atoms with Gasteiger partial charge in [-0.25, -0.2) is 15.0 Å². The summed E-state index contributed by atoms with van der Waals surface area (Å²) in [6.07, 6.45) is 2.90. The van der Waals surface area contributed by atoms with Crippen LogP contribution in [0, 0.1) is 6.92 Å². The van der Waals surface area contributed by atoms with Crippen molar-refractivity contribution in [1.82, 2.24) is 25.3 Å². The van der Waals surface area contributed by atoms with E-state index in [0.29, 0.717) is 26.2 Å². The molecule has 8 heteroatoms. The number of carbonyl (C=O) groups is 1. The number of H-pyrrole nitrogens is 1. The van der Waals surface area contributed by atoms with Gasteiger partial charge in [0, 0.05) is 25.4 Å². The Morgan fingerprint density at radius 2 is 2.12 bits per heavy atom. The molecule has 174 valence electrons. The number of hydrogen-bond donors (Lipinski definition) is 2. The zero-order valence-electron chi connectivity index (χ0n) is 19.3. The lowest BCUT2D eigenvalue weighted by Crippen LogP contribution is -2.28. The van der Waals surface area contributed by atoms with E-state index in [1.54, 1.807) is 13.3 Å². The molecule has 1 atom stereocenters. The van der Waals surface area contributed by atoms with Crippen LogP contribution >= 0.6 is 0 Å². The van der Waals surface area contributed by atoms with Crippen LogP contribution in [-0.2, 0) is 22.4 Å². The molecular weight excluding hydrogens is 430 g/mol. The molecule has 0 aliphatic carbocycles. The number of hydrogen-bond acceptors (Lipinski definition) is 6. The van der Waals surface area contributed by atoms with E-state index >= 15 is 0 Å². The number of imidazole rings is 1. The van der Waals surface area contributed by atoms with Crippen molar-refractivity contribution in [1.29, 1.82) is 0 Å². The second-order valence-electron chi connectivity index (χ2n) is 8.52. The summed E-state index contributed by atoms with van der Waals surface area (Å²) < 4.78 is 11.0. The summed E-state index contributed by atoms with van der Waals surface area (Å²) in [5, 5.41) is 2.86. The number of methoxy groups -OCH3 is 1. The lowest BCUT2D eigenvalue weighted by molar-refractivity contribution is -0.120. The first kappa shape index (κ1) is 22.0. The fourth-order valence-electron chi connectivity index (χ4n) is 4.27. The van der Waals surface area contributed by atoms with Gasteiger partial charge in [0.1, 0.15) is 17.4 Å². The number of benzene rings is 2. The highest BCUT2D eigenvalue weighted by Crippen LogP contribution is 2.33. The third kappa shape index (κ3) is 4.77. The molecule has 0 spiro atoms. The fraction of sp³-hybridized carbons (Fsp3) is 0.308. The topological polar surface area (TPSA) is 102 Å². The van der Waals surface area contributed by atoms with E-state index < -0.39 is 0 Å². The zero-order valence-corrected chi connectivity index (χ0v) is 19.3. The van der Waals surface area contributed by atoms with E-state index in [1.165, 1.54) is 0 Å². The number of nitrogens with zero attached hydrogens (tertiary/aromatic N) is 3. The molecule has 3 heterocycles. The van der Waals surface area contributed by atoms with Gasteiger partial charge in [-0.1, -0.05) is 18.2 Å². The molecule has 2 aromatic heterocycles. The van der Waals surface area contributed by atoms with Crippen LogP contribution < -0.4 is 10.1 Å². The summed E-state index contributed by atoms with van der Waals surface area (Å²) >= 11 is 0. The van der Waals surface area contributed by atoms with Crippen LogP contribution in [-0.4, -0.2) is 52.7 Å². The third-order valence-corrected chi connectivity index (χ3v) is 5.98. The maximum atomic E-state index is 12.2.